The maximum Gasteiger partial charge on any atom is 0.411 e. The molecule has 9 heteroatoms. The van der Waals surface area contributed by atoms with Gasteiger partial charge in [-0.2, -0.15) is 0 Å². The van der Waals surface area contributed by atoms with Gasteiger partial charge in [0, 0.05) is 37.2 Å². The van der Waals surface area contributed by atoms with Crippen molar-refractivity contribution in [2.75, 3.05) is 26.2 Å². The van der Waals surface area contributed by atoms with Crippen molar-refractivity contribution in [1.82, 2.24) is 19.8 Å². The lowest BCUT2D eigenvalue weighted by Gasteiger charge is -2.37. The van der Waals surface area contributed by atoms with Gasteiger partial charge in [0.05, 0.1) is 6.54 Å². The second-order valence-corrected chi connectivity index (χ2v) is 7.52. The van der Waals surface area contributed by atoms with Crippen LogP contribution in [0.5, 0.6) is 0 Å². The highest BCUT2D eigenvalue weighted by atomic mass is 16.6. The number of hydrogen-bond donors (Lipinski definition) is 2. The summed E-state index contributed by atoms with van der Waals surface area (Å²) in [5.41, 5.74) is 1.27. The molecule has 2 saturated heterocycles. The Balaban J connectivity index is 1.43. The molecular weight excluding hydrogens is 376 g/mol. The van der Waals surface area contributed by atoms with Crippen LogP contribution >= 0.6 is 0 Å². The number of carboxylic acid groups (broad SMARTS) is 1. The van der Waals surface area contributed by atoms with Gasteiger partial charge in [-0.1, -0.05) is 30.3 Å². The Labute approximate surface area is 167 Å². The summed E-state index contributed by atoms with van der Waals surface area (Å²) in [4.78, 5) is 46.4. The molecule has 0 saturated carbocycles. The number of aryl methyl sites for hydroxylation is 1. The summed E-state index contributed by atoms with van der Waals surface area (Å²) in [5.74, 6) is -0.591. The van der Waals surface area contributed by atoms with Crippen LogP contribution in [-0.2, 0) is 9.53 Å². The molecule has 2 aliphatic heterocycles. The number of carboxylic acids is 1. The minimum atomic E-state index is -1.07. The van der Waals surface area contributed by atoms with Crippen LogP contribution in [0.15, 0.2) is 30.3 Å². The number of aromatic nitrogens is 2. The topological polar surface area (TPSA) is 116 Å². The van der Waals surface area contributed by atoms with Gasteiger partial charge >= 0.3 is 12.1 Å². The normalized spacial score (nSPS) is 18.2. The third kappa shape index (κ3) is 3.67. The third-order valence-corrected chi connectivity index (χ3v) is 5.46. The van der Waals surface area contributed by atoms with Crippen molar-refractivity contribution < 1.29 is 24.2 Å². The lowest BCUT2D eigenvalue weighted by atomic mass is 9.91. The van der Waals surface area contributed by atoms with Crippen molar-refractivity contribution >= 4 is 18.0 Å². The highest BCUT2D eigenvalue weighted by Gasteiger charge is 2.48. The second kappa shape index (κ2) is 7.23. The van der Waals surface area contributed by atoms with Gasteiger partial charge < -0.3 is 19.7 Å². The largest absolute Gasteiger partial charge is 0.480 e. The molecule has 0 unspecified atom stereocenters. The molecule has 29 heavy (non-hydrogen) atoms. The lowest BCUT2D eigenvalue weighted by molar-refractivity contribution is -0.137. The molecule has 2 aliphatic rings. The van der Waals surface area contributed by atoms with Crippen molar-refractivity contribution in [1.29, 1.82) is 0 Å². The number of nitrogens with zero attached hydrogens (tertiary/aromatic N) is 3. The fourth-order valence-electron chi connectivity index (χ4n) is 3.91. The van der Waals surface area contributed by atoms with E-state index >= 15 is 0 Å². The zero-order valence-electron chi connectivity index (χ0n) is 16.1. The second-order valence-electron chi connectivity index (χ2n) is 7.52. The number of nitrogens with one attached hydrogen (secondary N) is 1. The van der Waals surface area contributed by atoms with Crippen LogP contribution in [-0.4, -0.2) is 74.6 Å². The predicted octanol–water partition coefficient (Wildman–Crippen LogP) is 1.90. The maximum atomic E-state index is 13.0. The number of rotatable bonds is 4. The smallest absolute Gasteiger partial charge is 0.411 e. The molecule has 2 fully saturated rings. The van der Waals surface area contributed by atoms with Crippen molar-refractivity contribution in [2.45, 2.75) is 25.4 Å². The Morgan fingerprint density at radius 1 is 1.24 bits per heavy atom. The molecule has 1 aromatic carbocycles. The Morgan fingerprint density at radius 3 is 2.59 bits per heavy atom. The Hall–Kier alpha value is -3.36. The number of H-pyrrole nitrogens is 1. The Bertz CT molecular complexity index is 947. The molecule has 0 atom stereocenters. The van der Waals surface area contributed by atoms with Gasteiger partial charge in [0.25, 0.3) is 5.91 Å². The summed E-state index contributed by atoms with van der Waals surface area (Å²) in [7, 11) is 0. The van der Waals surface area contributed by atoms with Gasteiger partial charge in [0.2, 0.25) is 0 Å². The van der Waals surface area contributed by atoms with Crippen LogP contribution in [0, 0.1) is 6.92 Å². The maximum absolute atomic E-state index is 13.0. The third-order valence-electron chi connectivity index (χ3n) is 5.46. The highest BCUT2D eigenvalue weighted by Crippen LogP contribution is 2.33. The summed E-state index contributed by atoms with van der Waals surface area (Å²) in [5, 5.41) is 8.92. The number of likely N-dealkylation sites (tertiary alicyclic amines) is 1. The van der Waals surface area contributed by atoms with Crippen molar-refractivity contribution in [2.24, 2.45) is 0 Å². The number of hydrogen-bond acceptors (Lipinski definition) is 5. The fourth-order valence-corrected chi connectivity index (χ4v) is 3.91. The zero-order chi connectivity index (χ0) is 20.6. The molecule has 1 aromatic heterocycles. The van der Waals surface area contributed by atoms with Crippen molar-refractivity contribution in [3.63, 3.8) is 0 Å². The van der Waals surface area contributed by atoms with Gasteiger partial charge in [-0.05, 0) is 6.92 Å². The quantitative estimate of drug-likeness (QED) is 0.813. The SMILES string of the molecule is Cc1[nH]c(-c2ccccc2)nc1C(=O)N1CCC2(CC1)CN(CC(=O)O)C(=O)O2. The average Bonchev–Trinajstić information content (AvgIpc) is 3.22. The zero-order valence-corrected chi connectivity index (χ0v) is 16.1. The first-order valence-electron chi connectivity index (χ1n) is 9.48. The van der Waals surface area contributed by atoms with Gasteiger partial charge in [0.1, 0.15) is 23.7 Å². The molecule has 152 valence electrons. The molecular formula is C20H22N4O5. The molecule has 0 aliphatic carbocycles. The number of benzene rings is 1. The Kier molecular flexibility index (Phi) is 4.73. The van der Waals surface area contributed by atoms with Crippen LogP contribution in [0.4, 0.5) is 4.79 Å². The van der Waals surface area contributed by atoms with E-state index < -0.39 is 17.7 Å². The first-order valence-corrected chi connectivity index (χ1v) is 9.48. The van der Waals surface area contributed by atoms with Crippen molar-refractivity contribution in [3.05, 3.63) is 41.7 Å². The minimum Gasteiger partial charge on any atom is -0.480 e. The summed E-state index contributed by atoms with van der Waals surface area (Å²) in [6, 6.07) is 9.59. The molecule has 2 N–H and O–H groups in total. The number of aliphatic carboxylic acids is 1. The molecule has 1 spiro atoms. The molecule has 2 amide bonds. The van der Waals surface area contributed by atoms with Crippen LogP contribution in [0.3, 0.4) is 0 Å². The molecule has 0 radical (unpaired) electrons. The molecule has 4 rings (SSSR count). The Morgan fingerprint density at radius 2 is 1.93 bits per heavy atom. The predicted molar refractivity (Wildman–Crippen MR) is 102 cm³/mol. The highest BCUT2D eigenvalue weighted by molar-refractivity contribution is 5.94. The molecule has 9 nitrogen and oxygen atoms in total. The first kappa shape index (κ1) is 19.0. The van der Waals surface area contributed by atoms with Gasteiger partial charge in [-0.15, -0.1) is 0 Å². The molecule has 3 heterocycles. The number of ether oxygens (including phenoxy) is 1. The van der Waals surface area contributed by atoms with E-state index in [0.29, 0.717) is 43.1 Å². The van der Waals surface area contributed by atoms with E-state index in [-0.39, 0.29) is 19.0 Å². The monoisotopic (exact) mass is 398 g/mol. The first-order chi connectivity index (χ1) is 13.9. The van der Waals surface area contributed by atoms with Crippen LogP contribution < -0.4 is 0 Å². The van der Waals surface area contributed by atoms with E-state index in [1.165, 1.54) is 4.90 Å². The number of aromatic amines is 1. The van der Waals surface area contributed by atoms with Crippen molar-refractivity contribution in [3.8, 4) is 11.4 Å². The number of carbonyl (C=O) groups is 3. The standard InChI is InChI=1S/C20H22N4O5/c1-13-16(22-17(21-13)14-5-3-2-4-6-14)18(27)23-9-7-20(8-10-23)12-24(11-15(25)26)19(28)29-20/h2-6H,7-12H2,1H3,(H,21,22)(H,25,26). The number of piperidine rings is 1. The van der Waals surface area contributed by atoms with E-state index in [2.05, 4.69) is 9.97 Å². The van der Waals surface area contributed by atoms with E-state index in [9.17, 15) is 14.4 Å². The van der Waals surface area contributed by atoms with E-state index in [4.69, 9.17) is 9.84 Å². The summed E-state index contributed by atoms with van der Waals surface area (Å²) >= 11 is 0. The van der Waals surface area contributed by atoms with Crippen LogP contribution in [0.25, 0.3) is 11.4 Å². The van der Waals surface area contributed by atoms with Gasteiger partial charge in [-0.3, -0.25) is 14.5 Å². The van der Waals surface area contributed by atoms with E-state index in [1.807, 2.05) is 37.3 Å². The van der Waals surface area contributed by atoms with Crippen LogP contribution in [0.2, 0.25) is 0 Å². The fraction of sp³-hybridized carbons (Fsp3) is 0.400. The number of imidazole rings is 1. The summed E-state index contributed by atoms with van der Waals surface area (Å²) in [6.45, 7) is 2.51. The average molecular weight is 398 g/mol. The van der Waals surface area contributed by atoms with Crippen LogP contribution in [0.1, 0.15) is 29.0 Å². The summed E-state index contributed by atoms with van der Waals surface area (Å²) in [6.07, 6.45) is 0.327. The molecule has 0 bridgehead atoms. The minimum absolute atomic E-state index is 0.164. The summed E-state index contributed by atoms with van der Waals surface area (Å²) < 4.78 is 5.49. The van der Waals surface area contributed by atoms with E-state index in [1.54, 1.807) is 4.90 Å². The van der Waals surface area contributed by atoms with E-state index in [0.717, 1.165) is 5.56 Å². The number of amides is 2. The lowest BCUT2D eigenvalue weighted by Crippen LogP contribution is -2.49. The van der Waals surface area contributed by atoms with Gasteiger partial charge in [0.15, 0.2) is 0 Å². The van der Waals surface area contributed by atoms with Gasteiger partial charge in [-0.25, -0.2) is 9.78 Å². The number of carbonyl (C=O) groups excluding carboxylic acids is 2. The molecule has 2 aromatic rings.